The quantitative estimate of drug-likeness (QED) is 0.808. The zero-order valence-electron chi connectivity index (χ0n) is 10.4. The topological polar surface area (TPSA) is 72.6 Å². The normalized spacial score (nSPS) is 12.0. The van der Waals surface area contributed by atoms with Crippen LogP contribution in [0.3, 0.4) is 0 Å². The average Bonchev–Trinajstić information content (AvgIpc) is 2.29. The number of hydrogen-bond donors (Lipinski definition) is 1. The summed E-state index contributed by atoms with van der Waals surface area (Å²) in [6, 6.07) is 4.37. The van der Waals surface area contributed by atoms with Crippen molar-refractivity contribution in [2.24, 2.45) is 0 Å². The lowest BCUT2D eigenvalue weighted by atomic mass is 10.3. The molecule has 0 atom stereocenters. The summed E-state index contributed by atoms with van der Waals surface area (Å²) >= 11 is 5.93. The number of anilines is 1. The molecule has 7 heteroatoms. The largest absolute Gasteiger partial charge is 0.399 e. The van der Waals surface area contributed by atoms with Crippen LogP contribution in [0, 0.1) is 0 Å². The van der Waals surface area contributed by atoms with E-state index in [-0.39, 0.29) is 16.5 Å². The molecule has 0 unspecified atom stereocenters. The van der Waals surface area contributed by atoms with Crippen molar-refractivity contribution in [2.75, 3.05) is 32.5 Å². The molecular formula is C11H17ClN2O3S. The number of ether oxygens (including phenoxy) is 1. The van der Waals surface area contributed by atoms with Crippen LogP contribution >= 0.6 is 11.6 Å². The van der Waals surface area contributed by atoms with Gasteiger partial charge in [0.25, 0.3) is 0 Å². The Kier molecular flexibility index (Phi) is 5.40. The van der Waals surface area contributed by atoms with E-state index in [1.807, 2.05) is 0 Å². The van der Waals surface area contributed by atoms with Crippen LogP contribution in [-0.4, -0.2) is 39.5 Å². The molecule has 18 heavy (non-hydrogen) atoms. The zero-order valence-corrected chi connectivity index (χ0v) is 12.0. The molecule has 102 valence electrons. The zero-order chi connectivity index (χ0) is 13.8. The van der Waals surface area contributed by atoms with E-state index in [1.54, 1.807) is 6.92 Å². The lowest BCUT2D eigenvalue weighted by molar-refractivity contribution is 0.180. The molecule has 0 aliphatic rings. The first-order valence-corrected chi connectivity index (χ1v) is 7.29. The van der Waals surface area contributed by atoms with Crippen LogP contribution < -0.4 is 5.73 Å². The minimum atomic E-state index is -3.60. The highest BCUT2D eigenvalue weighted by atomic mass is 35.5. The van der Waals surface area contributed by atoms with Gasteiger partial charge in [0.2, 0.25) is 10.0 Å². The Morgan fingerprint density at radius 2 is 2.11 bits per heavy atom. The number of likely N-dealkylation sites (N-methyl/N-ethyl adjacent to an activating group) is 1. The molecule has 0 aliphatic heterocycles. The fraction of sp³-hybridized carbons (Fsp3) is 0.455. The van der Waals surface area contributed by atoms with Crippen LogP contribution in [0.1, 0.15) is 6.92 Å². The molecule has 1 aromatic rings. The third kappa shape index (κ3) is 3.35. The second kappa shape index (κ2) is 6.38. The van der Waals surface area contributed by atoms with E-state index in [9.17, 15) is 8.42 Å². The number of nitrogen functional groups attached to an aromatic ring is 1. The fourth-order valence-corrected chi connectivity index (χ4v) is 3.47. The Bertz CT molecular complexity index is 505. The Labute approximate surface area is 113 Å². The molecule has 0 spiro atoms. The average molecular weight is 293 g/mol. The number of rotatable bonds is 6. The van der Waals surface area contributed by atoms with Gasteiger partial charge < -0.3 is 10.5 Å². The van der Waals surface area contributed by atoms with E-state index in [4.69, 9.17) is 22.1 Å². The monoisotopic (exact) mass is 292 g/mol. The molecule has 0 saturated carbocycles. The Hall–Kier alpha value is -0.820. The van der Waals surface area contributed by atoms with Crippen LogP contribution in [0.2, 0.25) is 5.02 Å². The molecule has 0 saturated heterocycles. The molecule has 0 fully saturated rings. The van der Waals surface area contributed by atoms with Crippen LogP contribution in [0.15, 0.2) is 23.1 Å². The predicted molar refractivity (Wildman–Crippen MR) is 72.2 cm³/mol. The second-order valence-electron chi connectivity index (χ2n) is 3.68. The molecule has 0 bridgehead atoms. The summed E-state index contributed by atoms with van der Waals surface area (Å²) in [6.07, 6.45) is 0. The van der Waals surface area contributed by atoms with Crippen molar-refractivity contribution < 1.29 is 13.2 Å². The van der Waals surface area contributed by atoms with Crippen LogP contribution in [0.5, 0.6) is 0 Å². The van der Waals surface area contributed by atoms with Crippen molar-refractivity contribution in [3.05, 3.63) is 23.2 Å². The number of halogens is 1. The number of sulfonamides is 1. The van der Waals surface area contributed by atoms with Gasteiger partial charge in [0.05, 0.1) is 11.6 Å². The first-order valence-electron chi connectivity index (χ1n) is 5.47. The highest BCUT2D eigenvalue weighted by Crippen LogP contribution is 2.26. The molecule has 0 heterocycles. The van der Waals surface area contributed by atoms with Crippen LogP contribution in [0.4, 0.5) is 5.69 Å². The number of hydrogen-bond acceptors (Lipinski definition) is 4. The summed E-state index contributed by atoms with van der Waals surface area (Å²) < 4.78 is 30.9. The smallest absolute Gasteiger partial charge is 0.244 e. The van der Waals surface area contributed by atoms with Crippen molar-refractivity contribution in [2.45, 2.75) is 11.8 Å². The molecule has 0 radical (unpaired) electrons. The maximum absolute atomic E-state index is 12.3. The van der Waals surface area contributed by atoms with Crippen molar-refractivity contribution in [3.63, 3.8) is 0 Å². The van der Waals surface area contributed by atoms with E-state index in [2.05, 4.69) is 0 Å². The van der Waals surface area contributed by atoms with E-state index in [0.29, 0.717) is 18.8 Å². The Morgan fingerprint density at radius 3 is 2.61 bits per heavy atom. The third-order valence-electron chi connectivity index (χ3n) is 2.47. The lowest BCUT2D eigenvalue weighted by Crippen LogP contribution is -2.33. The standard InChI is InChI=1S/C11H17ClN2O3S/c1-3-14(6-7-17-2)18(15,16)11-5-4-9(13)8-10(11)12/h4-5,8H,3,6-7,13H2,1-2H3. The lowest BCUT2D eigenvalue weighted by Gasteiger charge is -2.20. The molecule has 5 nitrogen and oxygen atoms in total. The van der Waals surface area contributed by atoms with Gasteiger partial charge in [-0.3, -0.25) is 0 Å². The first kappa shape index (κ1) is 15.2. The van der Waals surface area contributed by atoms with E-state index >= 15 is 0 Å². The van der Waals surface area contributed by atoms with Crippen LogP contribution in [-0.2, 0) is 14.8 Å². The molecule has 1 aromatic carbocycles. The second-order valence-corrected chi connectivity index (χ2v) is 5.99. The van der Waals surface area contributed by atoms with Crippen molar-refractivity contribution in [1.82, 2.24) is 4.31 Å². The van der Waals surface area contributed by atoms with E-state index in [1.165, 1.54) is 29.6 Å². The highest BCUT2D eigenvalue weighted by molar-refractivity contribution is 7.89. The third-order valence-corrected chi connectivity index (χ3v) is 4.93. The minimum Gasteiger partial charge on any atom is -0.399 e. The van der Waals surface area contributed by atoms with E-state index < -0.39 is 10.0 Å². The number of nitrogens with two attached hydrogens (primary N) is 1. The summed E-state index contributed by atoms with van der Waals surface area (Å²) in [5.41, 5.74) is 5.98. The van der Waals surface area contributed by atoms with Gasteiger partial charge in [0.1, 0.15) is 4.90 Å². The maximum Gasteiger partial charge on any atom is 0.244 e. The van der Waals surface area contributed by atoms with Crippen molar-refractivity contribution in [1.29, 1.82) is 0 Å². The van der Waals surface area contributed by atoms with Gasteiger partial charge in [-0.25, -0.2) is 8.42 Å². The van der Waals surface area contributed by atoms with Gasteiger partial charge in [-0.15, -0.1) is 0 Å². The fourth-order valence-electron chi connectivity index (χ4n) is 1.51. The van der Waals surface area contributed by atoms with Crippen molar-refractivity contribution in [3.8, 4) is 0 Å². The molecule has 1 rings (SSSR count). The Balaban J connectivity index is 3.10. The van der Waals surface area contributed by atoms with Gasteiger partial charge >= 0.3 is 0 Å². The highest BCUT2D eigenvalue weighted by Gasteiger charge is 2.25. The summed E-state index contributed by atoms with van der Waals surface area (Å²) in [5, 5.41) is 0.130. The molecule has 0 aliphatic carbocycles. The SMILES string of the molecule is CCN(CCOC)S(=O)(=O)c1ccc(N)cc1Cl. The molecular weight excluding hydrogens is 276 g/mol. The van der Waals surface area contributed by atoms with Crippen molar-refractivity contribution >= 4 is 27.3 Å². The van der Waals surface area contributed by atoms with Gasteiger partial charge in [-0.2, -0.15) is 4.31 Å². The summed E-state index contributed by atoms with van der Waals surface area (Å²) in [7, 11) is -2.08. The number of nitrogens with zero attached hydrogens (tertiary/aromatic N) is 1. The number of benzene rings is 1. The van der Waals surface area contributed by atoms with Gasteiger partial charge in [-0.05, 0) is 18.2 Å². The van der Waals surface area contributed by atoms with E-state index in [0.717, 1.165) is 0 Å². The van der Waals surface area contributed by atoms with Gasteiger partial charge in [-0.1, -0.05) is 18.5 Å². The predicted octanol–water partition coefficient (Wildman–Crippen LogP) is 1.58. The molecule has 0 amide bonds. The maximum atomic E-state index is 12.3. The summed E-state index contributed by atoms with van der Waals surface area (Å²) in [4.78, 5) is 0.0660. The molecule has 0 aromatic heterocycles. The van der Waals surface area contributed by atoms with Crippen LogP contribution in [0.25, 0.3) is 0 Å². The van der Waals surface area contributed by atoms with Gasteiger partial charge in [0, 0.05) is 25.9 Å². The Morgan fingerprint density at radius 1 is 1.44 bits per heavy atom. The minimum absolute atomic E-state index is 0.0660. The summed E-state index contributed by atoms with van der Waals surface area (Å²) in [5.74, 6) is 0. The van der Waals surface area contributed by atoms with Gasteiger partial charge in [0.15, 0.2) is 0 Å². The number of methoxy groups -OCH3 is 1. The molecule has 2 N–H and O–H groups in total. The summed E-state index contributed by atoms with van der Waals surface area (Å²) in [6.45, 7) is 2.74. The first-order chi connectivity index (χ1) is 8.43.